The second-order valence-corrected chi connectivity index (χ2v) is 8.92. The van der Waals surface area contributed by atoms with Gasteiger partial charge in [-0.15, -0.1) is 0 Å². The zero-order chi connectivity index (χ0) is 24.7. The van der Waals surface area contributed by atoms with Gasteiger partial charge in [0.15, 0.2) is 0 Å². The number of ether oxygens (including phenoxy) is 3. The van der Waals surface area contributed by atoms with Crippen LogP contribution in [0.1, 0.15) is 67.1 Å². The molecular formula is C25H36N2O6. The van der Waals surface area contributed by atoms with Crippen LogP contribution in [0, 0.1) is 12.8 Å². The first-order valence-corrected chi connectivity index (χ1v) is 11.3. The predicted molar refractivity (Wildman–Crippen MR) is 127 cm³/mol. The van der Waals surface area contributed by atoms with E-state index in [-0.39, 0.29) is 18.6 Å². The summed E-state index contributed by atoms with van der Waals surface area (Å²) in [5.74, 6) is 0.426. The maximum absolute atomic E-state index is 12.5. The lowest BCUT2D eigenvalue weighted by Crippen LogP contribution is -2.29. The standard InChI is InChI=1S/C25H36N2O6/c1-15(2)12-13-32-20(28)11-9-16(3)8-10-18-22(26-25(30)27(5)6)21-19(14-33-24(21)29)17(4)23(18)31-7/h8,15H,9-14H2,1-7H3,(H,26,30)/b16-8+. The van der Waals surface area contributed by atoms with E-state index in [2.05, 4.69) is 19.2 Å². The molecule has 0 aliphatic carbocycles. The van der Waals surface area contributed by atoms with Gasteiger partial charge in [0, 0.05) is 31.6 Å². The Morgan fingerprint density at radius 3 is 2.55 bits per heavy atom. The SMILES string of the molecule is COc1c(C)c2c(c(NC(=O)N(C)C)c1C/C=C(\C)CCC(=O)OCCC(C)C)C(=O)OC2. The third-order valence-corrected chi connectivity index (χ3v) is 5.65. The summed E-state index contributed by atoms with van der Waals surface area (Å²) in [4.78, 5) is 38.3. The molecule has 1 heterocycles. The van der Waals surface area contributed by atoms with Gasteiger partial charge >= 0.3 is 18.0 Å². The van der Waals surface area contributed by atoms with Crippen molar-refractivity contribution in [3.05, 3.63) is 33.9 Å². The van der Waals surface area contributed by atoms with Crippen molar-refractivity contribution in [2.45, 2.75) is 60.0 Å². The Balaban J connectivity index is 2.26. The van der Waals surface area contributed by atoms with E-state index in [1.165, 1.54) is 4.90 Å². The number of nitrogens with zero attached hydrogens (tertiary/aromatic N) is 1. The molecule has 0 atom stereocenters. The third kappa shape index (κ3) is 6.73. The number of nitrogens with one attached hydrogen (secondary N) is 1. The highest BCUT2D eigenvalue weighted by Crippen LogP contribution is 2.41. The van der Waals surface area contributed by atoms with E-state index in [9.17, 15) is 14.4 Å². The summed E-state index contributed by atoms with van der Waals surface area (Å²) in [6.45, 7) is 8.59. The van der Waals surface area contributed by atoms with Crippen molar-refractivity contribution in [2.24, 2.45) is 5.92 Å². The summed E-state index contributed by atoms with van der Waals surface area (Å²) < 4.78 is 16.2. The molecular weight excluding hydrogens is 424 g/mol. The number of cyclic esters (lactones) is 1. The number of methoxy groups -OCH3 is 1. The second-order valence-electron chi connectivity index (χ2n) is 8.92. The van der Waals surface area contributed by atoms with E-state index < -0.39 is 5.97 Å². The first kappa shape index (κ1) is 26.2. The van der Waals surface area contributed by atoms with Crippen LogP contribution in [0.3, 0.4) is 0 Å². The molecule has 33 heavy (non-hydrogen) atoms. The van der Waals surface area contributed by atoms with E-state index >= 15 is 0 Å². The molecule has 0 saturated carbocycles. The number of anilines is 1. The Labute approximate surface area is 196 Å². The molecule has 2 rings (SSSR count). The van der Waals surface area contributed by atoms with Crippen LogP contribution in [0.15, 0.2) is 11.6 Å². The van der Waals surface area contributed by atoms with Gasteiger partial charge in [-0.2, -0.15) is 0 Å². The average Bonchev–Trinajstić information content (AvgIpc) is 3.14. The normalized spacial score (nSPS) is 13.0. The number of esters is 2. The van der Waals surface area contributed by atoms with E-state index in [1.807, 2.05) is 19.9 Å². The lowest BCUT2D eigenvalue weighted by molar-refractivity contribution is -0.143. The van der Waals surface area contributed by atoms with Gasteiger partial charge in [0.05, 0.1) is 25.0 Å². The van der Waals surface area contributed by atoms with Crippen molar-refractivity contribution in [1.82, 2.24) is 4.90 Å². The van der Waals surface area contributed by atoms with Crippen LogP contribution in [0.2, 0.25) is 0 Å². The van der Waals surface area contributed by atoms with Crippen molar-refractivity contribution in [3.63, 3.8) is 0 Å². The summed E-state index contributed by atoms with van der Waals surface area (Å²) >= 11 is 0. The number of hydrogen-bond donors (Lipinski definition) is 1. The summed E-state index contributed by atoms with van der Waals surface area (Å²) in [7, 11) is 4.82. The van der Waals surface area contributed by atoms with Crippen molar-refractivity contribution in [1.29, 1.82) is 0 Å². The van der Waals surface area contributed by atoms with Gasteiger partial charge in [0.1, 0.15) is 12.4 Å². The minimum absolute atomic E-state index is 0.148. The number of rotatable bonds is 10. The Morgan fingerprint density at radius 2 is 1.94 bits per heavy atom. The quantitative estimate of drug-likeness (QED) is 0.404. The zero-order valence-electron chi connectivity index (χ0n) is 20.8. The fraction of sp³-hybridized carbons (Fsp3) is 0.560. The van der Waals surface area contributed by atoms with Gasteiger partial charge in [-0.1, -0.05) is 25.5 Å². The first-order chi connectivity index (χ1) is 15.6. The molecule has 1 N–H and O–H groups in total. The number of carbonyl (C=O) groups is 3. The molecule has 1 aliphatic heterocycles. The van der Waals surface area contributed by atoms with Crippen LogP contribution in [0.5, 0.6) is 5.75 Å². The minimum Gasteiger partial charge on any atom is -0.496 e. The Hall–Kier alpha value is -3.03. The zero-order valence-corrected chi connectivity index (χ0v) is 20.8. The number of hydrogen-bond acceptors (Lipinski definition) is 6. The van der Waals surface area contributed by atoms with E-state index in [4.69, 9.17) is 14.2 Å². The average molecular weight is 461 g/mol. The Bertz CT molecular complexity index is 934. The minimum atomic E-state index is -0.462. The first-order valence-electron chi connectivity index (χ1n) is 11.3. The van der Waals surface area contributed by atoms with Crippen LogP contribution in [0.25, 0.3) is 0 Å². The van der Waals surface area contributed by atoms with Gasteiger partial charge in [-0.3, -0.25) is 4.79 Å². The van der Waals surface area contributed by atoms with Crippen LogP contribution in [-0.4, -0.2) is 50.7 Å². The van der Waals surface area contributed by atoms with Crippen LogP contribution < -0.4 is 10.1 Å². The molecule has 8 nitrogen and oxygen atoms in total. The maximum atomic E-state index is 12.5. The summed E-state index contributed by atoms with van der Waals surface area (Å²) in [5, 5.41) is 2.85. The number of amides is 2. The van der Waals surface area contributed by atoms with Crippen LogP contribution in [-0.2, 0) is 27.3 Å². The maximum Gasteiger partial charge on any atom is 0.341 e. The molecule has 0 saturated heterocycles. The largest absolute Gasteiger partial charge is 0.496 e. The number of fused-ring (bicyclic) bond motifs is 1. The number of carbonyl (C=O) groups excluding carboxylic acids is 3. The summed E-state index contributed by atoms with van der Waals surface area (Å²) in [6, 6.07) is -0.353. The van der Waals surface area contributed by atoms with E-state index in [0.29, 0.717) is 54.4 Å². The smallest absolute Gasteiger partial charge is 0.341 e. The fourth-order valence-corrected chi connectivity index (χ4v) is 3.57. The molecule has 0 fully saturated rings. The monoisotopic (exact) mass is 460 g/mol. The predicted octanol–water partition coefficient (Wildman–Crippen LogP) is 4.63. The Kier molecular flexibility index (Phi) is 9.32. The molecule has 1 aromatic carbocycles. The van der Waals surface area contributed by atoms with Gasteiger partial charge < -0.3 is 24.4 Å². The second kappa shape index (κ2) is 11.7. The molecule has 0 radical (unpaired) electrons. The molecule has 0 bridgehead atoms. The Morgan fingerprint density at radius 1 is 1.24 bits per heavy atom. The molecule has 182 valence electrons. The molecule has 1 aliphatic rings. The van der Waals surface area contributed by atoms with Gasteiger partial charge in [0.2, 0.25) is 0 Å². The van der Waals surface area contributed by atoms with Crippen LogP contribution in [0.4, 0.5) is 10.5 Å². The highest BCUT2D eigenvalue weighted by molar-refractivity contribution is 6.05. The number of allylic oxidation sites excluding steroid dienone is 2. The fourth-order valence-electron chi connectivity index (χ4n) is 3.57. The molecule has 0 aromatic heterocycles. The van der Waals surface area contributed by atoms with Gasteiger partial charge in [0.25, 0.3) is 0 Å². The van der Waals surface area contributed by atoms with Crippen molar-refractivity contribution in [3.8, 4) is 5.75 Å². The highest BCUT2D eigenvalue weighted by atomic mass is 16.5. The van der Waals surface area contributed by atoms with Gasteiger partial charge in [-0.25, -0.2) is 9.59 Å². The molecule has 1 aromatic rings. The summed E-state index contributed by atoms with van der Waals surface area (Å²) in [6.07, 6.45) is 4.12. The summed E-state index contributed by atoms with van der Waals surface area (Å²) in [5.41, 5.74) is 4.02. The van der Waals surface area contributed by atoms with E-state index in [0.717, 1.165) is 23.1 Å². The van der Waals surface area contributed by atoms with Crippen LogP contribution >= 0.6 is 0 Å². The number of urea groups is 1. The highest BCUT2D eigenvalue weighted by Gasteiger charge is 2.32. The molecule has 0 unspecified atom stereocenters. The lowest BCUT2D eigenvalue weighted by Gasteiger charge is -2.21. The molecule has 8 heteroatoms. The molecule has 2 amide bonds. The van der Waals surface area contributed by atoms with E-state index in [1.54, 1.807) is 21.2 Å². The van der Waals surface area contributed by atoms with Crippen molar-refractivity contribution >= 4 is 23.7 Å². The van der Waals surface area contributed by atoms with Gasteiger partial charge in [-0.05, 0) is 44.6 Å². The molecule has 0 spiro atoms. The topological polar surface area (TPSA) is 94.2 Å². The van der Waals surface area contributed by atoms with Crippen molar-refractivity contribution < 1.29 is 28.6 Å². The third-order valence-electron chi connectivity index (χ3n) is 5.65. The lowest BCUT2D eigenvalue weighted by atomic mass is 9.93. The van der Waals surface area contributed by atoms with Crippen molar-refractivity contribution in [2.75, 3.05) is 33.1 Å². The number of benzene rings is 1.